The van der Waals surface area contributed by atoms with Crippen LogP contribution in [0.1, 0.15) is 40.7 Å². The van der Waals surface area contributed by atoms with Gasteiger partial charge in [0.1, 0.15) is 12.1 Å². The number of aromatic nitrogens is 2. The van der Waals surface area contributed by atoms with Crippen LogP contribution in [0.15, 0.2) is 42.7 Å². The molecule has 0 spiro atoms. The number of hydrogen-bond acceptors (Lipinski definition) is 4. The fourth-order valence-corrected chi connectivity index (χ4v) is 3.66. The molecule has 1 aromatic heterocycles. The van der Waals surface area contributed by atoms with E-state index in [4.69, 9.17) is 0 Å². The lowest BCUT2D eigenvalue weighted by molar-refractivity contribution is 0.102. The minimum atomic E-state index is -0.0908. The number of nitrogens with one attached hydrogen (secondary N) is 1. The predicted molar refractivity (Wildman–Crippen MR) is 109 cm³/mol. The van der Waals surface area contributed by atoms with Gasteiger partial charge in [0.25, 0.3) is 5.91 Å². The third-order valence-corrected chi connectivity index (χ3v) is 5.17. The number of carbonyl (C=O) groups is 1. The van der Waals surface area contributed by atoms with E-state index in [-0.39, 0.29) is 5.91 Å². The van der Waals surface area contributed by atoms with Crippen molar-refractivity contribution >= 4 is 28.3 Å². The minimum absolute atomic E-state index is 0.0908. The summed E-state index contributed by atoms with van der Waals surface area (Å²) in [6.45, 7) is 5.99. The molecule has 0 unspecified atom stereocenters. The van der Waals surface area contributed by atoms with E-state index in [0.717, 1.165) is 46.6 Å². The minimum Gasteiger partial charge on any atom is -0.356 e. The van der Waals surface area contributed by atoms with Gasteiger partial charge in [0.2, 0.25) is 0 Å². The summed E-state index contributed by atoms with van der Waals surface area (Å²) in [4.78, 5) is 24.0. The summed E-state index contributed by atoms with van der Waals surface area (Å²) < 4.78 is 0. The topological polar surface area (TPSA) is 58.1 Å². The fraction of sp³-hybridized carbons (Fsp3) is 0.318. The molecule has 0 saturated carbocycles. The number of nitrogens with zero attached hydrogens (tertiary/aromatic N) is 3. The second-order valence-corrected chi connectivity index (χ2v) is 7.25. The van der Waals surface area contributed by atoms with Crippen LogP contribution >= 0.6 is 0 Å². The van der Waals surface area contributed by atoms with Crippen LogP contribution in [0.25, 0.3) is 10.9 Å². The summed E-state index contributed by atoms with van der Waals surface area (Å²) in [5.41, 5.74) is 4.41. The van der Waals surface area contributed by atoms with E-state index in [9.17, 15) is 4.79 Å². The first-order valence-electron chi connectivity index (χ1n) is 9.50. The van der Waals surface area contributed by atoms with Crippen LogP contribution in [-0.4, -0.2) is 29.0 Å². The first-order valence-corrected chi connectivity index (χ1v) is 9.50. The monoisotopic (exact) mass is 360 g/mol. The van der Waals surface area contributed by atoms with Crippen LogP contribution in [0.5, 0.6) is 0 Å². The maximum absolute atomic E-state index is 12.8. The van der Waals surface area contributed by atoms with E-state index in [1.165, 1.54) is 19.3 Å². The van der Waals surface area contributed by atoms with Gasteiger partial charge in [-0.05, 0) is 62.9 Å². The molecule has 0 radical (unpaired) electrons. The second-order valence-electron chi connectivity index (χ2n) is 7.25. The van der Waals surface area contributed by atoms with Crippen LogP contribution in [0.3, 0.4) is 0 Å². The molecule has 138 valence electrons. The smallest absolute Gasteiger partial charge is 0.255 e. The molecule has 1 aliphatic rings. The number of benzene rings is 2. The van der Waals surface area contributed by atoms with Crippen molar-refractivity contribution in [1.82, 2.24) is 9.97 Å². The van der Waals surface area contributed by atoms with Gasteiger partial charge in [-0.3, -0.25) is 4.79 Å². The quantitative estimate of drug-likeness (QED) is 0.748. The van der Waals surface area contributed by atoms with Crippen molar-refractivity contribution < 1.29 is 4.79 Å². The molecule has 1 aliphatic heterocycles. The average molecular weight is 360 g/mol. The first-order chi connectivity index (χ1) is 13.1. The Morgan fingerprint density at radius 1 is 1.00 bits per heavy atom. The van der Waals surface area contributed by atoms with E-state index in [2.05, 4.69) is 20.2 Å². The molecule has 27 heavy (non-hydrogen) atoms. The molecular formula is C22H24N4O. The maximum atomic E-state index is 12.8. The zero-order valence-electron chi connectivity index (χ0n) is 15.8. The molecular weight excluding hydrogens is 336 g/mol. The number of hydrogen-bond donors (Lipinski definition) is 1. The molecule has 1 N–H and O–H groups in total. The highest BCUT2D eigenvalue weighted by Crippen LogP contribution is 2.28. The van der Waals surface area contributed by atoms with Crippen LogP contribution in [0.2, 0.25) is 0 Å². The summed E-state index contributed by atoms with van der Waals surface area (Å²) in [5, 5.41) is 4.02. The van der Waals surface area contributed by atoms with Gasteiger partial charge in [0, 0.05) is 29.7 Å². The summed E-state index contributed by atoms with van der Waals surface area (Å²) in [6.07, 6.45) is 5.28. The lowest BCUT2D eigenvalue weighted by atomic mass is 10.0. The van der Waals surface area contributed by atoms with Crippen LogP contribution in [0, 0.1) is 13.8 Å². The third kappa shape index (κ3) is 3.63. The molecule has 4 rings (SSSR count). The number of fused-ring (bicyclic) bond motifs is 1. The van der Waals surface area contributed by atoms with Gasteiger partial charge in [-0.15, -0.1) is 0 Å². The molecule has 1 saturated heterocycles. The summed E-state index contributed by atoms with van der Waals surface area (Å²) in [6, 6.07) is 11.8. The van der Waals surface area contributed by atoms with Gasteiger partial charge in [0.15, 0.2) is 0 Å². The Morgan fingerprint density at radius 2 is 1.81 bits per heavy atom. The maximum Gasteiger partial charge on any atom is 0.255 e. The number of amides is 1. The predicted octanol–water partition coefficient (Wildman–Crippen LogP) is 4.49. The zero-order valence-corrected chi connectivity index (χ0v) is 15.8. The van der Waals surface area contributed by atoms with Gasteiger partial charge < -0.3 is 10.2 Å². The zero-order chi connectivity index (χ0) is 18.8. The van der Waals surface area contributed by atoms with E-state index in [1.807, 2.05) is 50.2 Å². The summed E-state index contributed by atoms with van der Waals surface area (Å²) >= 11 is 0. The van der Waals surface area contributed by atoms with E-state index < -0.39 is 0 Å². The second kappa shape index (κ2) is 7.35. The Morgan fingerprint density at radius 3 is 2.63 bits per heavy atom. The fourth-order valence-electron chi connectivity index (χ4n) is 3.66. The highest BCUT2D eigenvalue weighted by Gasteiger charge is 2.16. The normalized spacial score (nSPS) is 14.4. The molecule has 1 fully saturated rings. The van der Waals surface area contributed by atoms with Gasteiger partial charge in [0.05, 0.1) is 5.52 Å². The third-order valence-electron chi connectivity index (χ3n) is 5.17. The number of carbonyl (C=O) groups excluding carboxylic acids is 1. The van der Waals surface area contributed by atoms with E-state index >= 15 is 0 Å². The lowest BCUT2D eigenvalue weighted by Crippen LogP contribution is -2.30. The van der Waals surface area contributed by atoms with Crippen molar-refractivity contribution in [3.05, 3.63) is 59.4 Å². The SMILES string of the molecule is Cc1ccc(C)c(C(=O)Nc2ccc3ncnc(N4CCCCC4)c3c2)c1. The molecule has 5 heteroatoms. The Labute approximate surface area is 159 Å². The van der Waals surface area contributed by atoms with Gasteiger partial charge in [-0.1, -0.05) is 17.7 Å². The highest BCUT2D eigenvalue weighted by molar-refractivity contribution is 6.06. The van der Waals surface area contributed by atoms with E-state index in [0.29, 0.717) is 5.56 Å². The number of piperidine rings is 1. The van der Waals surface area contributed by atoms with Crippen molar-refractivity contribution in [3.63, 3.8) is 0 Å². The molecule has 0 aliphatic carbocycles. The van der Waals surface area contributed by atoms with Crippen molar-refractivity contribution in [3.8, 4) is 0 Å². The standard InChI is InChI=1S/C22H24N4O/c1-15-6-7-16(2)18(12-15)22(27)25-17-8-9-20-19(13-17)21(24-14-23-20)26-10-4-3-5-11-26/h6-9,12-14H,3-5,10-11H2,1-2H3,(H,25,27). The molecule has 3 aromatic rings. The Balaban J connectivity index is 1.66. The Hall–Kier alpha value is -2.95. The molecule has 0 atom stereocenters. The number of rotatable bonds is 3. The summed E-state index contributed by atoms with van der Waals surface area (Å²) in [5.74, 6) is 0.870. The van der Waals surface area contributed by atoms with Gasteiger partial charge >= 0.3 is 0 Å². The molecule has 2 heterocycles. The van der Waals surface area contributed by atoms with Crippen molar-refractivity contribution in [1.29, 1.82) is 0 Å². The number of aryl methyl sites for hydroxylation is 2. The summed E-state index contributed by atoms with van der Waals surface area (Å²) in [7, 11) is 0. The molecule has 0 bridgehead atoms. The van der Waals surface area contributed by atoms with E-state index in [1.54, 1.807) is 6.33 Å². The highest BCUT2D eigenvalue weighted by atomic mass is 16.1. The van der Waals surface area contributed by atoms with Crippen LogP contribution < -0.4 is 10.2 Å². The van der Waals surface area contributed by atoms with Gasteiger partial charge in [-0.2, -0.15) is 0 Å². The van der Waals surface area contributed by atoms with Crippen LogP contribution in [-0.2, 0) is 0 Å². The Bertz CT molecular complexity index is 993. The molecule has 5 nitrogen and oxygen atoms in total. The number of anilines is 2. The molecule has 2 aromatic carbocycles. The van der Waals surface area contributed by atoms with Crippen LogP contribution in [0.4, 0.5) is 11.5 Å². The van der Waals surface area contributed by atoms with Crippen molar-refractivity contribution in [2.45, 2.75) is 33.1 Å². The lowest BCUT2D eigenvalue weighted by Gasteiger charge is -2.28. The van der Waals surface area contributed by atoms with Gasteiger partial charge in [-0.25, -0.2) is 9.97 Å². The largest absolute Gasteiger partial charge is 0.356 e. The first kappa shape index (κ1) is 17.5. The Kier molecular flexibility index (Phi) is 4.75. The average Bonchev–Trinajstić information content (AvgIpc) is 2.70. The van der Waals surface area contributed by atoms with Crippen molar-refractivity contribution in [2.24, 2.45) is 0 Å². The molecule has 1 amide bonds. The van der Waals surface area contributed by atoms with Crippen molar-refractivity contribution in [2.75, 3.05) is 23.3 Å².